The number of benzene rings is 1. The lowest BCUT2D eigenvalue weighted by atomic mass is 10.0. The van der Waals surface area contributed by atoms with E-state index < -0.39 is 0 Å². The molecule has 0 fully saturated rings. The lowest BCUT2D eigenvalue weighted by Crippen LogP contribution is -2.44. The second-order valence-electron chi connectivity index (χ2n) is 5.82. The van der Waals surface area contributed by atoms with Crippen molar-refractivity contribution in [3.05, 3.63) is 28.2 Å². The lowest BCUT2D eigenvalue weighted by molar-refractivity contribution is 0.240. The molecule has 0 heterocycles. The highest BCUT2D eigenvalue weighted by atomic mass is 35.5. The number of urea groups is 1. The number of halogens is 2. The Bertz CT molecular complexity index is 468. The topological polar surface area (TPSA) is 44.4 Å². The minimum Gasteiger partial charge on any atom is -0.334 e. The Hall–Kier alpha value is -0.970. The summed E-state index contributed by atoms with van der Waals surface area (Å²) < 4.78 is 0. The van der Waals surface area contributed by atoms with E-state index >= 15 is 0 Å². The van der Waals surface area contributed by atoms with E-state index in [0.29, 0.717) is 21.7 Å². The molecule has 21 heavy (non-hydrogen) atoms. The van der Waals surface area contributed by atoms with Crippen LogP contribution in [0.5, 0.6) is 0 Å². The maximum absolute atomic E-state index is 12.1. The van der Waals surface area contributed by atoms with Crippen molar-refractivity contribution in [3.63, 3.8) is 0 Å². The Morgan fingerprint density at radius 1 is 1.24 bits per heavy atom. The van der Waals surface area contributed by atoms with Crippen molar-refractivity contribution >= 4 is 34.9 Å². The molecule has 0 spiro atoms. The van der Waals surface area contributed by atoms with Crippen molar-refractivity contribution in [1.82, 2.24) is 10.2 Å². The molecule has 0 aliphatic heterocycles. The van der Waals surface area contributed by atoms with Crippen LogP contribution in [0.2, 0.25) is 10.0 Å². The minimum absolute atomic E-state index is 0.0998. The fourth-order valence-electron chi connectivity index (χ4n) is 2.12. The van der Waals surface area contributed by atoms with Crippen LogP contribution in [0.25, 0.3) is 0 Å². The number of nitrogens with zero attached hydrogens (tertiary/aromatic N) is 1. The summed E-state index contributed by atoms with van der Waals surface area (Å²) >= 11 is 11.8. The number of anilines is 1. The average molecular weight is 332 g/mol. The molecule has 0 aliphatic carbocycles. The van der Waals surface area contributed by atoms with E-state index in [1.165, 1.54) is 0 Å². The molecular weight excluding hydrogens is 309 g/mol. The van der Waals surface area contributed by atoms with Gasteiger partial charge in [0.25, 0.3) is 0 Å². The monoisotopic (exact) mass is 331 g/mol. The van der Waals surface area contributed by atoms with Crippen LogP contribution in [0, 0.1) is 5.92 Å². The Kier molecular flexibility index (Phi) is 7.29. The van der Waals surface area contributed by atoms with Crippen LogP contribution in [0.3, 0.4) is 0 Å². The predicted octanol–water partition coefficient (Wildman–Crippen LogP) is 4.09. The molecule has 1 rings (SSSR count). The minimum atomic E-state index is -0.235. The summed E-state index contributed by atoms with van der Waals surface area (Å²) in [4.78, 5) is 14.1. The average Bonchev–Trinajstić information content (AvgIpc) is 2.31. The molecule has 0 saturated heterocycles. The molecule has 0 saturated carbocycles. The highest BCUT2D eigenvalue weighted by Crippen LogP contribution is 2.24. The standard InChI is InChI=1S/C15H23Cl2N3O/c1-10(2)7-12(9-20(3)4)19-15(21)18-11-5-6-13(16)14(17)8-11/h5-6,8,10,12H,7,9H2,1-4H3,(H2,18,19,21)/t12-/m0/s1. The van der Waals surface area contributed by atoms with Gasteiger partial charge in [0.1, 0.15) is 0 Å². The van der Waals surface area contributed by atoms with Crippen LogP contribution in [-0.2, 0) is 0 Å². The van der Waals surface area contributed by atoms with Crippen molar-refractivity contribution in [2.24, 2.45) is 5.92 Å². The summed E-state index contributed by atoms with van der Waals surface area (Å²) in [5.74, 6) is 0.514. The number of carbonyl (C=O) groups is 1. The fraction of sp³-hybridized carbons (Fsp3) is 0.533. The third-order valence-electron chi connectivity index (χ3n) is 2.85. The van der Waals surface area contributed by atoms with E-state index in [9.17, 15) is 4.79 Å². The van der Waals surface area contributed by atoms with Gasteiger partial charge < -0.3 is 15.5 Å². The fourth-order valence-corrected chi connectivity index (χ4v) is 2.41. The van der Waals surface area contributed by atoms with Gasteiger partial charge >= 0.3 is 6.03 Å². The van der Waals surface area contributed by atoms with E-state index in [0.717, 1.165) is 13.0 Å². The first-order chi connectivity index (χ1) is 9.77. The quantitative estimate of drug-likeness (QED) is 0.824. The molecule has 2 amide bonds. The molecule has 118 valence electrons. The first-order valence-corrected chi connectivity index (χ1v) is 7.70. The van der Waals surface area contributed by atoms with Crippen molar-refractivity contribution < 1.29 is 4.79 Å². The second-order valence-corrected chi connectivity index (χ2v) is 6.63. The predicted molar refractivity (Wildman–Crippen MR) is 90.4 cm³/mol. The zero-order valence-electron chi connectivity index (χ0n) is 12.9. The highest BCUT2D eigenvalue weighted by Gasteiger charge is 2.15. The van der Waals surface area contributed by atoms with Crippen LogP contribution >= 0.6 is 23.2 Å². The van der Waals surface area contributed by atoms with Gasteiger partial charge in [-0.05, 0) is 44.6 Å². The Balaban J connectivity index is 2.61. The van der Waals surface area contributed by atoms with E-state index in [1.807, 2.05) is 14.1 Å². The summed E-state index contributed by atoms with van der Waals surface area (Å²) in [6.07, 6.45) is 0.924. The van der Waals surface area contributed by atoms with Gasteiger partial charge in [-0.3, -0.25) is 0 Å². The van der Waals surface area contributed by atoms with Crippen LogP contribution in [0.4, 0.5) is 10.5 Å². The molecule has 0 radical (unpaired) electrons. The second kappa shape index (κ2) is 8.47. The van der Waals surface area contributed by atoms with Crippen LogP contribution < -0.4 is 10.6 Å². The highest BCUT2D eigenvalue weighted by molar-refractivity contribution is 6.42. The molecule has 1 atom stereocenters. The molecule has 1 aromatic rings. The summed E-state index contributed by atoms with van der Waals surface area (Å²) in [6, 6.07) is 4.87. The van der Waals surface area contributed by atoms with Gasteiger partial charge in [-0.1, -0.05) is 37.0 Å². The van der Waals surface area contributed by atoms with E-state index in [-0.39, 0.29) is 12.1 Å². The smallest absolute Gasteiger partial charge is 0.319 e. The van der Waals surface area contributed by atoms with Crippen molar-refractivity contribution in [3.8, 4) is 0 Å². The number of hydrogen-bond donors (Lipinski definition) is 2. The summed E-state index contributed by atoms with van der Waals surface area (Å²) in [6.45, 7) is 5.08. The Labute approximate surface area is 136 Å². The third-order valence-corrected chi connectivity index (χ3v) is 3.59. The van der Waals surface area contributed by atoms with Crippen molar-refractivity contribution in [2.45, 2.75) is 26.3 Å². The van der Waals surface area contributed by atoms with Gasteiger partial charge in [-0.15, -0.1) is 0 Å². The van der Waals surface area contributed by atoms with Gasteiger partial charge in [-0.25, -0.2) is 4.79 Å². The number of rotatable bonds is 6. The first kappa shape index (κ1) is 18.1. The van der Waals surface area contributed by atoms with Crippen LogP contribution in [0.15, 0.2) is 18.2 Å². The molecule has 0 aromatic heterocycles. The van der Waals surface area contributed by atoms with Gasteiger partial charge in [0.15, 0.2) is 0 Å². The number of nitrogens with one attached hydrogen (secondary N) is 2. The summed E-state index contributed by atoms with van der Waals surface area (Å²) in [5, 5.41) is 6.65. The normalized spacial score (nSPS) is 12.6. The van der Waals surface area contributed by atoms with Gasteiger partial charge in [-0.2, -0.15) is 0 Å². The first-order valence-electron chi connectivity index (χ1n) is 6.95. The number of amides is 2. The molecule has 1 aromatic carbocycles. The van der Waals surface area contributed by atoms with Crippen molar-refractivity contribution in [2.75, 3.05) is 26.0 Å². The lowest BCUT2D eigenvalue weighted by Gasteiger charge is -2.24. The molecule has 2 N–H and O–H groups in total. The van der Waals surface area contributed by atoms with Crippen LogP contribution in [-0.4, -0.2) is 37.6 Å². The molecule has 6 heteroatoms. The van der Waals surface area contributed by atoms with Gasteiger partial charge in [0.2, 0.25) is 0 Å². The van der Waals surface area contributed by atoms with Crippen molar-refractivity contribution in [1.29, 1.82) is 0 Å². The van der Waals surface area contributed by atoms with E-state index in [1.54, 1.807) is 18.2 Å². The molecule has 0 aliphatic rings. The zero-order valence-corrected chi connectivity index (χ0v) is 14.4. The van der Waals surface area contributed by atoms with Gasteiger partial charge in [0, 0.05) is 18.3 Å². The SMILES string of the molecule is CC(C)C[C@@H](CN(C)C)NC(=O)Nc1ccc(Cl)c(Cl)c1. The third kappa shape index (κ3) is 7.02. The number of likely N-dealkylation sites (N-methyl/N-ethyl adjacent to an activating group) is 1. The Morgan fingerprint density at radius 2 is 1.90 bits per heavy atom. The zero-order chi connectivity index (χ0) is 16.0. The number of hydrogen-bond acceptors (Lipinski definition) is 2. The van der Waals surface area contributed by atoms with E-state index in [4.69, 9.17) is 23.2 Å². The van der Waals surface area contributed by atoms with Crippen LogP contribution in [0.1, 0.15) is 20.3 Å². The maximum atomic E-state index is 12.1. The number of carbonyl (C=O) groups excluding carboxylic acids is 1. The summed E-state index contributed by atoms with van der Waals surface area (Å²) in [7, 11) is 3.98. The molecular formula is C15H23Cl2N3O. The molecule has 4 nitrogen and oxygen atoms in total. The summed E-state index contributed by atoms with van der Waals surface area (Å²) in [5.41, 5.74) is 0.620. The molecule has 0 unspecified atom stereocenters. The molecule has 0 bridgehead atoms. The largest absolute Gasteiger partial charge is 0.334 e. The Morgan fingerprint density at radius 3 is 2.43 bits per heavy atom. The van der Waals surface area contributed by atoms with Gasteiger partial charge in [0.05, 0.1) is 10.0 Å². The van der Waals surface area contributed by atoms with E-state index in [2.05, 4.69) is 29.4 Å². The maximum Gasteiger partial charge on any atom is 0.319 e.